The van der Waals surface area contributed by atoms with Crippen molar-refractivity contribution in [3.63, 3.8) is 0 Å². The molecular weight excluding hydrogens is 799 g/mol. The van der Waals surface area contributed by atoms with Gasteiger partial charge < -0.3 is 40.5 Å². The maximum atomic E-state index is 13.1. The van der Waals surface area contributed by atoms with Gasteiger partial charge in [-0.1, -0.05) is 192 Å². The van der Waals surface area contributed by atoms with Gasteiger partial charge in [0, 0.05) is 6.42 Å². The fraction of sp³-hybridized carbons (Fsp3) is 0.896. The number of allylic oxidation sites excluding steroid dienone is 3. The van der Waals surface area contributed by atoms with Crippen molar-refractivity contribution in [1.82, 2.24) is 5.32 Å². The van der Waals surface area contributed by atoms with Crippen LogP contribution in [0.15, 0.2) is 24.3 Å². The third-order valence-electron chi connectivity index (χ3n) is 11.7. The van der Waals surface area contributed by atoms with Gasteiger partial charge in [0.25, 0.3) is 0 Å². The van der Waals surface area contributed by atoms with Gasteiger partial charge >= 0.3 is 0 Å². The van der Waals surface area contributed by atoms with Crippen molar-refractivity contribution in [2.24, 2.45) is 0 Å². The normalized spacial score (nSPS) is 20.5. The zero-order valence-electron chi connectivity index (χ0n) is 38.4. The molecule has 1 aliphatic rings. The Morgan fingerprint density at radius 2 is 1.11 bits per heavy atom. The predicted octanol–water partition coefficient (Wildman–Crippen LogP) is 10.1. The van der Waals surface area contributed by atoms with E-state index < -0.39 is 49.5 Å². The minimum atomic E-state index is -1.57. The highest BCUT2D eigenvalue weighted by Gasteiger charge is 2.46. The lowest BCUT2D eigenvalue weighted by Crippen LogP contribution is -2.60. The van der Waals surface area contributed by atoms with Gasteiger partial charge in [-0.05, 0) is 44.9 Å². The monoisotopic (exact) mass is 889 g/mol. The Morgan fingerprint density at radius 3 is 1.57 bits per heavy atom. The second-order valence-electron chi connectivity index (χ2n) is 17.2. The van der Waals surface area contributed by atoms with E-state index >= 15 is 0 Å². The summed E-state index contributed by atoms with van der Waals surface area (Å²) in [5.74, 6) is -0.208. The van der Waals surface area contributed by atoms with Gasteiger partial charge in [-0.3, -0.25) is 14.0 Å². The number of carbonyl (C=O) groups excluding carboxylic acids is 1. The molecule has 0 bridgehead atoms. The Balaban J connectivity index is 2.42. The largest absolute Gasteiger partial charge is 0.691 e. The summed E-state index contributed by atoms with van der Waals surface area (Å²) < 4.78 is 20.7. The van der Waals surface area contributed by atoms with E-state index in [0.717, 1.165) is 44.9 Å². The van der Waals surface area contributed by atoms with Crippen LogP contribution in [-0.2, 0) is 27.8 Å². The molecule has 1 rings (SSSR count). The van der Waals surface area contributed by atoms with Gasteiger partial charge in [-0.15, -0.1) is 4.33 Å². The number of hydrogen-bond donors (Lipinski definition) is 5. The third-order valence-corrected chi connectivity index (χ3v) is 12.1. The van der Waals surface area contributed by atoms with Crippen LogP contribution in [0.5, 0.6) is 0 Å². The minimum absolute atomic E-state index is 0.109. The summed E-state index contributed by atoms with van der Waals surface area (Å²) in [5, 5.41) is 58.6. The Hall–Kier alpha value is -1.10. The van der Waals surface area contributed by atoms with Crippen LogP contribution in [0.4, 0.5) is 0 Å². The standard InChI is InChI=1S/C48H91NO11S/c1-3-5-7-9-11-13-15-17-18-19-20-21-22-23-24-26-28-30-32-34-36-38-44(52)49-41(42(51)37-35-33-31-29-27-25-16-14-12-10-8-6-4-2)40-56-48-46(54)47(58-61-60-59-55)45(53)43(39-50)57-48/h17-18,35,37,41-43,45-48,50-51,53-55H,3-16,19-34,36,38-40H2,1-2H3,(H,49,52)/p-1/b18-17+,37-35+/t41-,42+,43?,45?,46?,47?,48?/m0/s1. The quantitative estimate of drug-likeness (QED) is 0.0129. The molecule has 1 aliphatic heterocycles. The van der Waals surface area contributed by atoms with E-state index in [1.165, 1.54) is 154 Å². The van der Waals surface area contributed by atoms with Gasteiger partial charge in [-0.25, -0.2) is 0 Å². The molecule has 13 heteroatoms. The molecule has 0 aliphatic carbocycles. The summed E-state index contributed by atoms with van der Waals surface area (Å²) in [6, 6.07) is -0.853. The average molecular weight is 889 g/mol. The van der Waals surface area contributed by atoms with Crippen LogP contribution < -0.4 is 10.6 Å². The Bertz CT molecular complexity index is 1020. The molecule has 1 heterocycles. The van der Waals surface area contributed by atoms with E-state index in [2.05, 4.69) is 40.7 Å². The van der Waals surface area contributed by atoms with Crippen molar-refractivity contribution in [1.29, 1.82) is 0 Å². The molecule has 61 heavy (non-hydrogen) atoms. The van der Waals surface area contributed by atoms with Crippen LogP contribution >= 0.6 is 12.3 Å². The van der Waals surface area contributed by atoms with Crippen LogP contribution in [0.2, 0.25) is 0 Å². The number of aliphatic hydroxyl groups excluding tert-OH is 4. The van der Waals surface area contributed by atoms with Gasteiger partial charge in [0.15, 0.2) is 18.6 Å². The average Bonchev–Trinajstić information content (AvgIpc) is 3.26. The number of nitrogens with one attached hydrogen (secondary N) is 1. The molecule has 0 aromatic rings. The van der Waals surface area contributed by atoms with Gasteiger partial charge in [0.05, 0.1) is 25.4 Å². The molecule has 0 radical (unpaired) electrons. The zero-order chi connectivity index (χ0) is 44.4. The first-order chi connectivity index (χ1) is 29.9. The third kappa shape index (κ3) is 32.2. The van der Waals surface area contributed by atoms with E-state index in [0.29, 0.717) is 6.42 Å². The van der Waals surface area contributed by atoms with Crippen molar-refractivity contribution < 1.29 is 53.5 Å². The van der Waals surface area contributed by atoms with Gasteiger partial charge in [-0.2, -0.15) is 0 Å². The van der Waals surface area contributed by atoms with Gasteiger partial charge in [0.1, 0.15) is 24.4 Å². The molecular formula is C48H90NO11S-. The minimum Gasteiger partial charge on any atom is -0.691 e. The summed E-state index contributed by atoms with van der Waals surface area (Å²) in [5.41, 5.74) is 0. The second-order valence-corrected chi connectivity index (χ2v) is 17.6. The molecule has 5 N–H and O–H groups in total. The van der Waals surface area contributed by atoms with E-state index in [1.54, 1.807) is 6.08 Å². The molecule has 5 unspecified atom stereocenters. The first-order valence-corrected chi connectivity index (χ1v) is 25.4. The molecule has 360 valence electrons. The zero-order valence-corrected chi connectivity index (χ0v) is 39.3. The van der Waals surface area contributed by atoms with Crippen molar-refractivity contribution in [2.45, 2.75) is 262 Å². The number of ether oxygens (including phenoxy) is 2. The lowest BCUT2D eigenvalue weighted by Gasteiger charge is -2.41. The highest BCUT2D eigenvalue weighted by molar-refractivity contribution is 7.89. The van der Waals surface area contributed by atoms with Crippen molar-refractivity contribution in [2.75, 3.05) is 13.2 Å². The number of unbranched alkanes of at least 4 members (excludes halogenated alkanes) is 28. The summed E-state index contributed by atoms with van der Waals surface area (Å²) in [7, 11) is 0. The summed E-state index contributed by atoms with van der Waals surface area (Å²) in [6.07, 6.45) is 38.8. The Morgan fingerprint density at radius 1 is 0.672 bits per heavy atom. The fourth-order valence-electron chi connectivity index (χ4n) is 7.79. The molecule has 0 aromatic carbocycles. The highest BCUT2D eigenvalue weighted by Crippen LogP contribution is 2.28. The maximum absolute atomic E-state index is 13.1. The van der Waals surface area contributed by atoms with Crippen LogP contribution in [0, 0.1) is 0 Å². The van der Waals surface area contributed by atoms with Gasteiger partial charge in [0.2, 0.25) is 5.91 Å². The number of rotatable bonds is 44. The lowest BCUT2D eigenvalue weighted by atomic mass is 9.99. The van der Waals surface area contributed by atoms with Crippen molar-refractivity contribution in [3.05, 3.63) is 24.3 Å². The molecule has 1 saturated heterocycles. The molecule has 0 aromatic heterocycles. The van der Waals surface area contributed by atoms with Crippen LogP contribution in [0.25, 0.3) is 0 Å². The predicted molar refractivity (Wildman–Crippen MR) is 244 cm³/mol. The molecule has 1 fully saturated rings. The molecule has 7 atom stereocenters. The highest BCUT2D eigenvalue weighted by atomic mass is 32.2. The van der Waals surface area contributed by atoms with Crippen LogP contribution in [-0.4, -0.2) is 82.4 Å². The van der Waals surface area contributed by atoms with Crippen molar-refractivity contribution >= 4 is 18.2 Å². The number of hydrogen-bond acceptors (Lipinski definition) is 12. The van der Waals surface area contributed by atoms with E-state index in [9.17, 15) is 30.5 Å². The Labute approximate surface area is 375 Å². The first-order valence-electron chi connectivity index (χ1n) is 24.7. The molecule has 1 amide bonds. The smallest absolute Gasteiger partial charge is 0.220 e. The number of carbonyl (C=O) groups is 1. The molecule has 0 spiro atoms. The SMILES string of the molecule is CCCCCCCC/C=C/CCCCCCCCCCCCCC(=O)N[C@@H](COC1OC(CO)C(O)C(OSOO[O-])C1O)[C@H](O)/C=C/CCCCCCCCCCCCC. The lowest BCUT2D eigenvalue weighted by molar-refractivity contribution is -0.777. The topological polar surface area (TPSA) is 179 Å². The number of aliphatic hydroxyl groups is 4. The fourth-order valence-corrected chi connectivity index (χ4v) is 8.17. The number of amides is 1. The van der Waals surface area contributed by atoms with E-state index in [-0.39, 0.29) is 24.8 Å². The summed E-state index contributed by atoms with van der Waals surface area (Å²) in [4.78, 5) is 13.1. The maximum Gasteiger partial charge on any atom is 0.220 e. The molecule has 0 saturated carbocycles. The Kier molecular flexibility index (Phi) is 40.7. The second kappa shape index (κ2) is 42.8. The molecule has 12 nitrogen and oxygen atoms in total. The van der Waals surface area contributed by atoms with Crippen LogP contribution in [0.1, 0.15) is 219 Å². The van der Waals surface area contributed by atoms with E-state index in [4.69, 9.17) is 13.7 Å². The summed E-state index contributed by atoms with van der Waals surface area (Å²) in [6.45, 7) is 3.66. The first kappa shape index (κ1) is 57.9. The summed E-state index contributed by atoms with van der Waals surface area (Å²) >= 11 is 0.109. The van der Waals surface area contributed by atoms with Crippen molar-refractivity contribution in [3.8, 4) is 0 Å². The van der Waals surface area contributed by atoms with E-state index in [1.807, 2.05) is 6.08 Å². The van der Waals surface area contributed by atoms with Crippen LogP contribution in [0.3, 0.4) is 0 Å².